The van der Waals surface area contributed by atoms with E-state index in [1.54, 1.807) is 0 Å². The van der Waals surface area contributed by atoms with Crippen LogP contribution in [-0.4, -0.2) is 23.3 Å². The molecule has 1 rings (SSSR count). The number of hydrogen-bond donors (Lipinski definition) is 1. The number of carbonyl (C=O) groups excluding carboxylic acids is 1. The Morgan fingerprint density at radius 1 is 1.29 bits per heavy atom. The number of aliphatic hydroxyl groups excluding tert-OH is 1. The van der Waals surface area contributed by atoms with E-state index >= 15 is 0 Å². The normalized spacial score (nSPS) is 28.6. The summed E-state index contributed by atoms with van der Waals surface area (Å²) in [6.45, 7) is 3.36. The van der Waals surface area contributed by atoms with Gasteiger partial charge in [0.25, 0.3) is 0 Å². The van der Waals surface area contributed by atoms with Gasteiger partial charge in [0.15, 0.2) is 0 Å². The third-order valence-corrected chi connectivity index (χ3v) is 2.58. The number of ether oxygens (including phenoxy) is 1. The minimum Gasteiger partial charge on any atom is -0.459 e. The van der Waals surface area contributed by atoms with E-state index in [1.165, 1.54) is 6.08 Å². The zero-order chi connectivity index (χ0) is 10.4. The van der Waals surface area contributed by atoms with Gasteiger partial charge in [0.1, 0.15) is 6.10 Å². The van der Waals surface area contributed by atoms with E-state index in [1.807, 2.05) is 0 Å². The van der Waals surface area contributed by atoms with Crippen LogP contribution in [0.3, 0.4) is 0 Å². The van der Waals surface area contributed by atoms with Crippen LogP contribution in [0.15, 0.2) is 12.7 Å². The number of aliphatic hydroxyl groups is 1. The molecular weight excluding hydrogens is 180 g/mol. The maximum atomic E-state index is 11.0. The lowest BCUT2D eigenvalue weighted by atomic mass is 9.96. The zero-order valence-electron chi connectivity index (χ0n) is 8.45. The Morgan fingerprint density at radius 3 is 2.71 bits per heavy atom. The number of rotatable bonds is 2. The maximum Gasteiger partial charge on any atom is 0.330 e. The average Bonchev–Trinajstić information content (AvgIpc) is 2.16. The first-order chi connectivity index (χ1) is 6.72. The molecule has 0 aromatic heterocycles. The first kappa shape index (κ1) is 11.2. The van der Waals surface area contributed by atoms with Gasteiger partial charge in [-0.05, 0) is 32.1 Å². The molecule has 0 aromatic rings. The highest BCUT2D eigenvalue weighted by Crippen LogP contribution is 2.20. The van der Waals surface area contributed by atoms with E-state index in [9.17, 15) is 9.90 Å². The van der Waals surface area contributed by atoms with Crippen LogP contribution in [-0.2, 0) is 9.53 Å². The fraction of sp³-hybridized carbons (Fsp3) is 0.727. The van der Waals surface area contributed by atoms with Crippen LogP contribution in [0.25, 0.3) is 0 Å². The van der Waals surface area contributed by atoms with Crippen LogP contribution >= 0.6 is 0 Å². The van der Waals surface area contributed by atoms with Gasteiger partial charge in [0.2, 0.25) is 0 Å². The summed E-state index contributed by atoms with van der Waals surface area (Å²) < 4.78 is 5.16. The largest absolute Gasteiger partial charge is 0.459 e. The van der Waals surface area contributed by atoms with Gasteiger partial charge in [-0.25, -0.2) is 4.79 Å². The molecule has 0 radical (unpaired) electrons. The van der Waals surface area contributed by atoms with Crippen molar-refractivity contribution in [2.75, 3.05) is 0 Å². The van der Waals surface area contributed by atoms with E-state index in [0.29, 0.717) is 0 Å². The molecule has 1 aliphatic carbocycles. The predicted molar refractivity (Wildman–Crippen MR) is 53.8 cm³/mol. The molecule has 3 nitrogen and oxygen atoms in total. The molecule has 0 saturated heterocycles. The number of hydrogen-bond acceptors (Lipinski definition) is 3. The number of esters is 1. The van der Waals surface area contributed by atoms with Gasteiger partial charge < -0.3 is 9.84 Å². The quantitative estimate of drug-likeness (QED) is 0.543. The Morgan fingerprint density at radius 2 is 2.00 bits per heavy atom. The third-order valence-electron chi connectivity index (χ3n) is 2.58. The second kappa shape index (κ2) is 5.81. The van der Waals surface area contributed by atoms with Gasteiger partial charge in [-0.2, -0.15) is 0 Å². The fourth-order valence-corrected chi connectivity index (χ4v) is 1.75. The van der Waals surface area contributed by atoms with Crippen molar-refractivity contribution in [3.05, 3.63) is 12.7 Å². The predicted octanol–water partition coefficient (Wildman–Crippen LogP) is 1.80. The monoisotopic (exact) mass is 198 g/mol. The van der Waals surface area contributed by atoms with Gasteiger partial charge in [0, 0.05) is 6.08 Å². The topological polar surface area (TPSA) is 46.5 Å². The Balaban J connectivity index is 2.35. The second-order valence-corrected chi connectivity index (χ2v) is 3.78. The van der Waals surface area contributed by atoms with Crippen LogP contribution in [0.2, 0.25) is 0 Å². The average molecular weight is 198 g/mol. The number of carbonyl (C=O) groups is 1. The summed E-state index contributed by atoms with van der Waals surface area (Å²) in [4.78, 5) is 11.0. The summed E-state index contributed by atoms with van der Waals surface area (Å²) in [7, 11) is 0. The lowest BCUT2D eigenvalue weighted by Gasteiger charge is -2.21. The first-order valence-electron chi connectivity index (χ1n) is 5.23. The van der Waals surface area contributed by atoms with Crippen molar-refractivity contribution in [2.24, 2.45) is 0 Å². The molecule has 14 heavy (non-hydrogen) atoms. The molecule has 2 unspecified atom stereocenters. The molecule has 80 valence electrons. The molecule has 0 amide bonds. The zero-order valence-corrected chi connectivity index (χ0v) is 8.45. The summed E-state index contributed by atoms with van der Waals surface area (Å²) in [5.74, 6) is -0.356. The van der Waals surface area contributed by atoms with Gasteiger partial charge in [0.05, 0.1) is 6.10 Å². The summed E-state index contributed by atoms with van der Waals surface area (Å²) in [6, 6.07) is 0. The summed E-state index contributed by atoms with van der Waals surface area (Å²) in [5.41, 5.74) is 0. The van der Waals surface area contributed by atoms with Crippen LogP contribution in [0.1, 0.15) is 38.5 Å². The fourth-order valence-electron chi connectivity index (χ4n) is 1.75. The van der Waals surface area contributed by atoms with Crippen molar-refractivity contribution < 1.29 is 14.6 Å². The van der Waals surface area contributed by atoms with Gasteiger partial charge in [-0.15, -0.1) is 0 Å². The van der Waals surface area contributed by atoms with Crippen molar-refractivity contribution >= 4 is 5.97 Å². The molecule has 1 saturated carbocycles. The first-order valence-corrected chi connectivity index (χ1v) is 5.23. The van der Waals surface area contributed by atoms with Gasteiger partial charge in [-0.3, -0.25) is 0 Å². The Kier molecular flexibility index (Phi) is 4.66. The van der Waals surface area contributed by atoms with E-state index in [4.69, 9.17) is 4.74 Å². The van der Waals surface area contributed by atoms with Crippen LogP contribution < -0.4 is 0 Å². The lowest BCUT2D eigenvalue weighted by Crippen LogP contribution is -2.21. The molecular formula is C11H18O3. The minimum atomic E-state index is -0.356. The van der Waals surface area contributed by atoms with Gasteiger partial charge >= 0.3 is 5.97 Å². The molecule has 0 aliphatic heterocycles. The van der Waals surface area contributed by atoms with Crippen LogP contribution in [0, 0.1) is 0 Å². The van der Waals surface area contributed by atoms with Crippen molar-refractivity contribution in [1.29, 1.82) is 0 Å². The second-order valence-electron chi connectivity index (χ2n) is 3.78. The maximum absolute atomic E-state index is 11.0. The minimum absolute atomic E-state index is 0.0320. The Hall–Kier alpha value is -0.830. The molecule has 1 aliphatic rings. The van der Waals surface area contributed by atoms with E-state index in [0.717, 1.165) is 38.5 Å². The van der Waals surface area contributed by atoms with E-state index in [2.05, 4.69) is 6.58 Å². The SMILES string of the molecule is C=CC(=O)OC1CCCCC(O)CC1. The third kappa shape index (κ3) is 3.92. The standard InChI is InChI=1S/C11H18O3/c1-2-11(13)14-10-6-4-3-5-9(12)7-8-10/h2,9-10,12H,1,3-8H2. The summed E-state index contributed by atoms with van der Waals surface area (Å²) >= 11 is 0. The molecule has 0 heterocycles. The highest BCUT2D eigenvalue weighted by molar-refractivity contribution is 5.81. The van der Waals surface area contributed by atoms with Crippen molar-refractivity contribution in [3.8, 4) is 0 Å². The van der Waals surface area contributed by atoms with Crippen molar-refractivity contribution in [1.82, 2.24) is 0 Å². The Bertz CT molecular complexity index is 201. The molecule has 0 aromatic carbocycles. The van der Waals surface area contributed by atoms with Gasteiger partial charge in [-0.1, -0.05) is 13.0 Å². The smallest absolute Gasteiger partial charge is 0.330 e. The molecule has 0 spiro atoms. The molecule has 3 heteroatoms. The molecule has 1 fully saturated rings. The highest BCUT2D eigenvalue weighted by atomic mass is 16.5. The van der Waals surface area contributed by atoms with E-state index < -0.39 is 0 Å². The van der Waals surface area contributed by atoms with E-state index in [-0.39, 0.29) is 18.2 Å². The van der Waals surface area contributed by atoms with Crippen molar-refractivity contribution in [3.63, 3.8) is 0 Å². The molecule has 1 N–H and O–H groups in total. The van der Waals surface area contributed by atoms with Crippen LogP contribution in [0.5, 0.6) is 0 Å². The molecule has 2 atom stereocenters. The van der Waals surface area contributed by atoms with Crippen molar-refractivity contribution in [2.45, 2.75) is 50.7 Å². The van der Waals surface area contributed by atoms with Crippen LogP contribution in [0.4, 0.5) is 0 Å². The summed E-state index contributed by atoms with van der Waals surface area (Å²) in [5, 5.41) is 9.46. The molecule has 0 bridgehead atoms. The highest BCUT2D eigenvalue weighted by Gasteiger charge is 2.17. The lowest BCUT2D eigenvalue weighted by molar-refractivity contribution is -0.144. The Labute approximate surface area is 84.8 Å². The summed E-state index contributed by atoms with van der Waals surface area (Å²) in [6.07, 6.45) is 6.25.